The highest BCUT2D eigenvalue weighted by atomic mass is 19.4. The van der Waals surface area contributed by atoms with Crippen LogP contribution in [0.25, 0.3) is 33.8 Å². The van der Waals surface area contributed by atoms with Gasteiger partial charge in [-0.05, 0) is 95.4 Å². The molecule has 1 aliphatic carbocycles. The number of carbonyl (C=O) groups excluding carboxylic acids is 4. The molecule has 71 heavy (non-hydrogen) atoms. The van der Waals surface area contributed by atoms with Crippen LogP contribution in [-0.4, -0.2) is 138 Å². The highest BCUT2D eigenvalue weighted by Gasteiger charge is 2.39. The lowest BCUT2D eigenvalue weighted by Crippen LogP contribution is -2.54. The molecule has 5 fully saturated rings. The summed E-state index contributed by atoms with van der Waals surface area (Å²) in [4.78, 5) is 76.6. The third-order valence-electron chi connectivity index (χ3n) is 14.7. The Kier molecular flexibility index (Phi) is 12.9. The first-order valence-corrected chi connectivity index (χ1v) is 24.7. The number of halogens is 3. The fourth-order valence-corrected chi connectivity index (χ4v) is 10.6. The van der Waals surface area contributed by atoms with Crippen molar-refractivity contribution in [3.63, 3.8) is 0 Å². The molecule has 1 atom stereocenters. The van der Waals surface area contributed by atoms with Gasteiger partial charge in [0, 0.05) is 107 Å². The minimum absolute atomic E-state index is 0.0369. The summed E-state index contributed by atoms with van der Waals surface area (Å²) < 4.78 is 50.8. The quantitative estimate of drug-likeness (QED) is 0.135. The van der Waals surface area contributed by atoms with Crippen LogP contribution in [0.5, 0.6) is 0 Å². The second-order valence-corrected chi connectivity index (χ2v) is 20.4. The first-order valence-electron chi connectivity index (χ1n) is 24.7. The number of hydrogen-bond acceptors (Lipinski definition) is 15. The van der Waals surface area contributed by atoms with Crippen molar-refractivity contribution in [1.82, 2.24) is 54.9 Å². The summed E-state index contributed by atoms with van der Waals surface area (Å²) in [5.74, 6) is 0.841. The van der Waals surface area contributed by atoms with E-state index in [1.807, 2.05) is 47.6 Å². The number of nitrogens with two attached hydrogens (primary N) is 1. The van der Waals surface area contributed by atoms with Crippen molar-refractivity contribution in [1.29, 1.82) is 0 Å². The SMILES string of the molecule is CC(C)(C)n1nc(-c2noc(C3CC3)c2-c2ncc(C3CCN(C(=O)CCC(=O)N4CCC(N5CCN(c6ccc(NC7CCC(=O)NC7=O)cc6C(F)(F)F)CC5)CC4)CC3)cn2)c2c(N)ncnc21. The highest BCUT2D eigenvalue weighted by molar-refractivity contribution is 6.02. The minimum Gasteiger partial charge on any atom is -0.383 e. The van der Waals surface area contributed by atoms with E-state index in [1.54, 1.807) is 11.0 Å². The molecule has 4 saturated heterocycles. The second-order valence-electron chi connectivity index (χ2n) is 20.4. The van der Waals surface area contributed by atoms with Crippen molar-refractivity contribution in [3.05, 3.63) is 53.8 Å². The molecule has 8 heterocycles. The molecule has 0 bridgehead atoms. The van der Waals surface area contributed by atoms with E-state index in [0.29, 0.717) is 92.0 Å². The van der Waals surface area contributed by atoms with Gasteiger partial charge in [-0.25, -0.2) is 24.6 Å². The molecule has 0 radical (unpaired) electrons. The van der Waals surface area contributed by atoms with Crippen molar-refractivity contribution < 1.29 is 36.9 Å². The molecular weight excluding hydrogens is 922 g/mol. The van der Waals surface area contributed by atoms with E-state index in [-0.39, 0.29) is 66.8 Å². The van der Waals surface area contributed by atoms with Crippen LogP contribution in [0.4, 0.5) is 30.4 Å². The third kappa shape index (κ3) is 9.99. The van der Waals surface area contributed by atoms with Gasteiger partial charge in [0.2, 0.25) is 23.6 Å². The van der Waals surface area contributed by atoms with Crippen molar-refractivity contribution >= 4 is 51.9 Å². The van der Waals surface area contributed by atoms with Gasteiger partial charge in [0.15, 0.2) is 17.2 Å². The van der Waals surface area contributed by atoms with Gasteiger partial charge in [0.25, 0.3) is 0 Å². The Balaban J connectivity index is 0.685. The summed E-state index contributed by atoms with van der Waals surface area (Å²) in [5, 5.41) is 15.1. The number of fused-ring (bicyclic) bond motifs is 1. The Labute approximate surface area is 408 Å². The molecular formula is C49H59F3N14O5. The largest absolute Gasteiger partial charge is 0.418 e. The number of nitrogen functional groups attached to an aromatic ring is 1. The molecule has 4 aromatic heterocycles. The van der Waals surface area contributed by atoms with Gasteiger partial charge in [0.05, 0.1) is 22.1 Å². The maximum atomic E-state index is 14.3. The number of anilines is 3. The molecule has 1 unspecified atom stereocenters. The number of aromatic nitrogens is 7. The van der Waals surface area contributed by atoms with E-state index in [9.17, 15) is 32.3 Å². The summed E-state index contributed by atoms with van der Waals surface area (Å²) in [5.41, 5.74) is 8.76. The van der Waals surface area contributed by atoms with Gasteiger partial charge in [-0.3, -0.25) is 29.4 Å². The van der Waals surface area contributed by atoms with E-state index in [2.05, 4.69) is 30.7 Å². The Hall–Kier alpha value is -6.71. The molecule has 4 amide bonds. The number of hydrogen-bond donors (Lipinski definition) is 3. The molecule has 5 aromatic rings. The van der Waals surface area contributed by atoms with Crippen molar-refractivity contribution in [2.45, 2.75) is 121 Å². The maximum Gasteiger partial charge on any atom is 0.418 e. The summed E-state index contributed by atoms with van der Waals surface area (Å²) in [7, 11) is 0. The van der Waals surface area contributed by atoms with Gasteiger partial charge in [0.1, 0.15) is 29.6 Å². The van der Waals surface area contributed by atoms with Crippen molar-refractivity contribution in [2.24, 2.45) is 0 Å². The number of piperazine rings is 1. The molecule has 22 heteroatoms. The Morgan fingerprint density at radius 2 is 1.48 bits per heavy atom. The fourth-order valence-electron chi connectivity index (χ4n) is 10.6. The molecule has 376 valence electrons. The Morgan fingerprint density at radius 1 is 0.817 bits per heavy atom. The average Bonchev–Trinajstić information content (AvgIpc) is 3.98. The molecule has 19 nitrogen and oxygen atoms in total. The number of imide groups is 1. The fraction of sp³-hybridized carbons (Fsp3) is 0.551. The van der Waals surface area contributed by atoms with Crippen LogP contribution in [0.15, 0.2) is 41.4 Å². The lowest BCUT2D eigenvalue weighted by Gasteiger charge is -2.43. The molecule has 1 saturated carbocycles. The summed E-state index contributed by atoms with van der Waals surface area (Å²) in [6.07, 6.45) is 6.05. The van der Waals surface area contributed by atoms with E-state index < -0.39 is 35.1 Å². The van der Waals surface area contributed by atoms with Gasteiger partial charge in [-0.2, -0.15) is 18.3 Å². The van der Waals surface area contributed by atoms with E-state index in [1.165, 1.54) is 12.4 Å². The lowest BCUT2D eigenvalue weighted by atomic mass is 9.91. The standard InChI is InChI=1S/C49H59F3N14O5/c1-48(2,3)66-46-40(44(53)56-27-57-46)41(60-66)42-39(43(71-61-42)29-4-5-29)45-54-25-30(26-55-45)28-12-16-64(17-13-28)37(68)10-11-38(69)65-18-14-32(15-19-65)62-20-22-63(23-21-62)35-8-6-31(24-33(35)49(50,51)52)58-34-7-9-36(67)59-47(34)70/h6,8,24-29,32,34,58H,4-5,7,9-23H2,1-3H3,(H2,53,56,57)(H,59,67,70). The van der Waals surface area contributed by atoms with Crippen LogP contribution in [0, 0.1) is 0 Å². The molecule has 10 rings (SSSR count). The highest BCUT2D eigenvalue weighted by Crippen LogP contribution is 2.48. The van der Waals surface area contributed by atoms with Gasteiger partial charge >= 0.3 is 6.18 Å². The number of piperidine rings is 3. The third-order valence-corrected chi connectivity index (χ3v) is 14.7. The van der Waals surface area contributed by atoms with Crippen LogP contribution >= 0.6 is 0 Å². The second kappa shape index (κ2) is 19.1. The molecule has 0 spiro atoms. The summed E-state index contributed by atoms with van der Waals surface area (Å²) in [6, 6.07) is 3.43. The van der Waals surface area contributed by atoms with E-state index in [0.717, 1.165) is 55.9 Å². The Morgan fingerprint density at radius 3 is 2.10 bits per heavy atom. The zero-order valence-corrected chi connectivity index (χ0v) is 40.2. The molecule has 4 aliphatic heterocycles. The number of rotatable bonds is 11. The topological polar surface area (TPSA) is 227 Å². The maximum absolute atomic E-state index is 14.3. The normalized spacial score (nSPS) is 20.2. The first kappa shape index (κ1) is 47.9. The van der Waals surface area contributed by atoms with Crippen LogP contribution in [0.1, 0.15) is 114 Å². The van der Waals surface area contributed by atoms with Crippen molar-refractivity contribution in [3.8, 4) is 22.8 Å². The first-order chi connectivity index (χ1) is 34.0. The zero-order valence-electron chi connectivity index (χ0n) is 40.2. The van der Waals surface area contributed by atoms with E-state index in [4.69, 9.17) is 25.3 Å². The van der Waals surface area contributed by atoms with Gasteiger partial charge < -0.3 is 30.3 Å². The number of amides is 4. The number of nitrogens with one attached hydrogen (secondary N) is 2. The van der Waals surface area contributed by atoms with Crippen molar-refractivity contribution in [2.75, 3.05) is 68.3 Å². The number of carbonyl (C=O) groups is 4. The predicted octanol–water partition coefficient (Wildman–Crippen LogP) is 5.69. The molecule has 4 N–H and O–H groups in total. The monoisotopic (exact) mass is 980 g/mol. The van der Waals surface area contributed by atoms with E-state index >= 15 is 0 Å². The predicted molar refractivity (Wildman–Crippen MR) is 256 cm³/mol. The number of benzene rings is 1. The van der Waals surface area contributed by atoms with Crippen LogP contribution < -0.4 is 21.3 Å². The molecule has 1 aromatic carbocycles. The van der Waals surface area contributed by atoms with Gasteiger partial charge in [-0.1, -0.05) is 5.16 Å². The lowest BCUT2D eigenvalue weighted by molar-refractivity contribution is -0.138. The zero-order chi connectivity index (χ0) is 49.8. The number of alkyl halides is 3. The molecule has 5 aliphatic rings. The minimum atomic E-state index is -4.61. The van der Waals surface area contributed by atoms with Gasteiger partial charge in [-0.15, -0.1) is 0 Å². The summed E-state index contributed by atoms with van der Waals surface area (Å²) >= 11 is 0. The number of likely N-dealkylation sites (tertiary alicyclic amines) is 2. The van der Waals surface area contributed by atoms with Crippen LogP contribution in [0.3, 0.4) is 0 Å². The smallest absolute Gasteiger partial charge is 0.383 e. The Bertz CT molecular complexity index is 2820. The summed E-state index contributed by atoms with van der Waals surface area (Å²) in [6.45, 7) is 10.3. The van der Waals surface area contributed by atoms with Crippen LogP contribution in [-0.2, 0) is 30.9 Å². The number of nitrogens with zero attached hydrogens (tertiary/aromatic N) is 11. The average molecular weight is 981 g/mol. The van der Waals surface area contributed by atoms with Crippen LogP contribution in [0.2, 0.25) is 0 Å².